The van der Waals surface area contributed by atoms with Gasteiger partial charge in [-0.2, -0.15) is 0 Å². The normalized spacial score (nSPS) is 16.7. The molecule has 0 atom stereocenters. The predicted octanol–water partition coefficient (Wildman–Crippen LogP) is 3.16. The summed E-state index contributed by atoms with van der Waals surface area (Å²) >= 11 is 0. The van der Waals surface area contributed by atoms with Gasteiger partial charge in [0.25, 0.3) is 0 Å². The Kier molecular flexibility index (Phi) is 4.39. The first-order valence-electron chi connectivity index (χ1n) is 6.03. The van der Waals surface area contributed by atoms with Gasteiger partial charge in [0.1, 0.15) is 0 Å². The molecule has 0 bridgehead atoms. The second-order valence-corrected chi connectivity index (χ2v) is 3.97. The summed E-state index contributed by atoms with van der Waals surface area (Å²) < 4.78 is 0. The maximum Gasteiger partial charge on any atom is 0.0716 e. The highest BCUT2D eigenvalue weighted by molar-refractivity contribution is 6.10. The zero-order chi connectivity index (χ0) is 13.5. The summed E-state index contributed by atoms with van der Waals surface area (Å²) in [4.78, 5) is 12.3. The molecule has 4 nitrogen and oxygen atoms in total. The van der Waals surface area contributed by atoms with Crippen molar-refractivity contribution < 1.29 is 0 Å². The van der Waals surface area contributed by atoms with Gasteiger partial charge in [-0.1, -0.05) is 12.1 Å². The van der Waals surface area contributed by atoms with Crippen LogP contribution in [0.25, 0.3) is 5.70 Å². The second kappa shape index (κ2) is 6.44. The summed E-state index contributed by atoms with van der Waals surface area (Å²) in [6, 6.07) is 8.13. The van der Waals surface area contributed by atoms with Crippen molar-refractivity contribution in [1.29, 1.82) is 0 Å². The maximum atomic E-state index is 4.41. The van der Waals surface area contributed by atoms with Crippen LogP contribution < -0.4 is 5.32 Å². The van der Waals surface area contributed by atoms with E-state index in [0.717, 1.165) is 29.1 Å². The molecule has 0 aromatic heterocycles. The standard InChI is InChI=1S/C15H16N4/c1-16-9-10-18-14-7-8-19-15(11-14)12-3-5-13(17-2)6-4-12/h3-6,8-11,17H,1,7H2,2H3/b10-9-,18-14?. The number of allylic oxidation sites excluding steroid dienone is 1. The van der Waals surface area contributed by atoms with Crippen LogP contribution in [0.1, 0.15) is 12.0 Å². The highest BCUT2D eigenvalue weighted by Crippen LogP contribution is 2.20. The monoisotopic (exact) mass is 252 g/mol. The Morgan fingerprint density at radius 1 is 1.26 bits per heavy atom. The van der Waals surface area contributed by atoms with Gasteiger partial charge in [-0.3, -0.25) is 15.0 Å². The molecule has 1 aromatic carbocycles. The minimum absolute atomic E-state index is 0.736. The van der Waals surface area contributed by atoms with Gasteiger partial charge in [0, 0.05) is 49.0 Å². The highest BCUT2D eigenvalue weighted by atomic mass is 14.8. The van der Waals surface area contributed by atoms with Gasteiger partial charge in [-0.15, -0.1) is 0 Å². The molecule has 96 valence electrons. The van der Waals surface area contributed by atoms with E-state index in [2.05, 4.69) is 27.0 Å². The van der Waals surface area contributed by atoms with Crippen molar-refractivity contribution in [3.8, 4) is 0 Å². The van der Waals surface area contributed by atoms with Crippen LogP contribution in [0.15, 0.2) is 57.7 Å². The number of benzene rings is 1. The molecule has 0 amide bonds. The largest absolute Gasteiger partial charge is 0.388 e. The van der Waals surface area contributed by atoms with E-state index in [9.17, 15) is 0 Å². The van der Waals surface area contributed by atoms with E-state index in [-0.39, 0.29) is 0 Å². The fraction of sp³-hybridized carbons (Fsp3) is 0.133. The molecule has 0 fully saturated rings. The molecular formula is C15H16N4. The third kappa shape index (κ3) is 3.48. The molecule has 0 saturated carbocycles. The summed E-state index contributed by atoms with van der Waals surface area (Å²) in [6.45, 7) is 3.37. The number of nitrogens with zero attached hydrogens (tertiary/aromatic N) is 3. The molecule has 1 aliphatic heterocycles. The van der Waals surface area contributed by atoms with Crippen molar-refractivity contribution >= 4 is 30.0 Å². The number of anilines is 1. The van der Waals surface area contributed by atoms with Crippen molar-refractivity contribution in [3.05, 3.63) is 48.3 Å². The van der Waals surface area contributed by atoms with Crippen LogP contribution in [0.2, 0.25) is 0 Å². The first-order chi connectivity index (χ1) is 9.33. The lowest BCUT2D eigenvalue weighted by atomic mass is 10.1. The maximum absolute atomic E-state index is 4.41. The third-order valence-corrected chi connectivity index (χ3v) is 2.72. The molecular weight excluding hydrogens is 236 g/mol. The summed E-state index contributed by atoms with van der Waals surface area (Å²) in [5.74, 6) is 0. The quantitative estimate of drug-likeness (QED) is 0.822. The van der Waals surface area contributed by atoms with Crippen molar-refractivity contribution in [2.24, 2.45) is 15.0 Å². The average Bonchev–Trinajstić information content (AvgIpc) is 2.48. The lowest BCUT2D eigenvalue weighted by molar-refractivity contribution is 1.40. The predicted molar refractivity (Wildman–Crippen MR) is 83.2 cm³/mol. The van der Waals surface area contributed by atoms with E-state index in [4.69, 9.17) is 0 Å². The minimum atomic E-state index is 0.736. The molecule has 0 aliphatic carbocycles. The van der Waals surface area contributed by atoms with Crippen molar-refractivity contribution in [2.75, 3.05) is 12.4 Å². The number of hydrogen-bond donors (Lipinski definition) is 1. The van der Waals surface area contributed by atoms with E-state index in [1.807, 2.05) is 43.6 Å². The number of nitrogens with one attached hydrogen (secondary N) is 1. The summed E-state index contributed by atoms with van der Waals surface area (Å²) in [5.41, 5.74) is 4.04. The third-order valence-electron chi connectivity index (χ3n) is 2.72. The Morgan fingerprint density at radius 3 is 2.74 bits per heavy atom. The van der Waals surface area contributed by atoms with Gasteiger partial charge in [0.2, 0.25) is 0 Å². The van der Waals surface area contributed by atoms with Gasteiger partial charge < -0.3 is 5.32 Å². The van der Waals surface area contributed by atoms with E-state index < -0.39 is 0 Å². The summed E-state index contributed by atoms with van der Waals surface area (Å²) in [7, 11) is 1.90. The van der Waals surface area contributed by atoms with Crippen LogP contribution in [-0.4, -0.2) is 25.7 Å². The zero-order valence-corrected chi connectivity index (χ0v) is 10.9. The van der Waals surface area contributed by atoms with Crippen LogP contribution in [0.5, 0.6) is 0 Å². The van der Waals surface area contributed by atoms with Crippen molar-refractivity contribution in [1.82, 2.24) is 0 Å². The molecule has 1 N–H and O–H groups in total. The average molecular weight is 252 g/mol. The van der Waals surface area contributed by atoms with Gasteiger partial charge in [0.15, 0.2) is 0 Å². The highest BCUT2D eigenvalue weighted by Gasteiger charge is 2.06. The smallest absolute Gasteiger partial charge is 0.0716 e. The van der Waals surface area contributed by atoms with E-state index in [1.165, 1.54) is 0 Å². The SMILES string of the molecule is C=N/C=C\N=C1C=C(c2ccc(NC)cc2)N=CC1. The Labute approximate surface area is 113 Å². The number of hydrogen-bond acceptors (Lipinski definition) is 4. The fourth-order valence-corrected chi connectivity index (χ4v) is 1.72. The topological polar surface area (TPSA) is 49.1 Å². The molecule has 19 heavy (non-hydrogen) atoms. The molecule has 0 unspecified atom stereocenters. The van der Waals surface area contributed by atoms with Crippen LogP contribution in [0, 0.1) is 0 Å². The fourth-order valence-electron chi connectivity index (χ4n) is 1.72. The van der Waals surface area contributed by atoms with Gasteiger partial charge >= 0.3 is 0 Å². The van der Waals surface area contributed by atoms with Crippen molar-refractivity contribution in [3.63, 3.8) is 0 Å². The van der Waals surface area contributed by atoms with Gasteiger partial charge in [-0.25, -0.2) is 0 Å². The summed E-state index contributed by atoms with van der Waals surface area (Å²) in [5, 5.41) is 3.09. The van der Waals surface area contributed by atoms with Crippen LogP contribution in [0.3, 0.4) is 0 Å². The molecule has 1 heterocycles. The van der Waals surface area contributed by atoms with E-state index >= 15 is 0 Å². The zero-order valence-electron chi connectivity index (χ0n) is 10.9. The molecule has 0 radical (unpaired) electrons. The minimum Gasteiger partial charge on any atom is -0.388 e. The first kappa shape index (κ1) is 13.0. The van der Waals surface area contributed by atoms with Crippen molar-refractivity contribution in [2.45, 2.75) is 6.42 Å². The van der Waals surface area contributed by atoms with Gasteiger partial charge in [-0.05, 0) is 24.9 Å². The van der Waals surface area contributed by atoms with Crippen LogP contribution in [0.4, 0.5) is 5.69 Å². The van der Waals surface area contributed by atoms with E-state index in [1.54, 1.807) is 12.4 Å². The number of rotatable bonds is 4. The van der Waals surface area contributed by atoms with Crippen LogP contribution >= 0.6 is 0 Å². The second-order valence-electron chi connectivity index (χ2n) is 3.97. The Bertz CT molecular complexity index is 562. The molecule has 4 heteroatoms. The summed E-state index contributed by atoms with van der Waals surface area (Å²) in [6.07, 6.45) is 7.80. The number of aliphatic imine (C=N–C) groups is 3. The first-order valence-corrected chi connectivity index (χ1v) is 6.03. The van der Waals surface area contributed by atoms with Gasteiger partial charge in [0.05, 0.1) is 5.70 Å². The lowest BCUT2D eigenvalue weighted by Crippen LogP contribution is -2.01. The molecule has 0 spiro atoms. The van der Waals surface area contributed by atoms with E-state index in [0.29, 0.717) is 0 Å². The molecule has 1 aromatic rings. The Hall–Kier alpha value is -2.49. The molecule has 2 rings (SSSR count). The Balaban J connectivity index is 2.22. The Morgan fingerprint density at radius 2 is 2.05 bits per heavy atom. The molecule has 0 saturated heterocycles. The molecule has 1 aliphatic rings. The lowest BCUT2D eigenvalue weighted by Gasteiger charge is -2.09. The van der Waals surface area contributed by atoms with Crippen LogP contribution in [-0.2, 0) is 0 Å².